The van der Waals surface area contributed by atoms with Crippen LogP contribution in [0.2, 0.25) is 0 Å². The quantitative estimate of drug-likeness (QED) is 0.660. The molecule has 2 aromatic carbocycles. The Labute approximate surface area is 166 Å². The third kappa shape index (κ3) is 4.45. The third-order valence-corrected chi connectivity index (χ3v) is 5.99. The van der Waals surface area contributed by atoms with Crippen LogP contribution in [0.1, 0.15) is 10.4 Å². The molecule has 0 atom stereocenters. The number of hydrogen-bond donors (Lipinski definition) is 2. The molecule has 10 heteroatoms. The summed E-state index contributed by atoms with van der Waals surface area (Å²) in [5.74, 6) is 0.586. The molecule has 0 aromatic heterocycles. The van der Waals surface area contributed by atoms with E-state index in [1.165, 1.54) is 52.6 Å². The molecule has 2 aromatic rings. The van der Waals surface area contributed by atoms with Gasteiger partial charge in [-0.1, -0.05) is 0 Å². The summed E-state index contributed by atoms with van der Waals surface area (Å²) in [6, 6.07) is 7.26. The summed E-state index contributed by atoms with van der Waals surface area (Å²) in [5.41, 5.74) is 0.230. The highest BCUT2D eigenvalue weighted by molar-refractivity contribution is 9.10. The minimum atomic E-state index is -4.04. The van der Waals surface area contributed by atoms with E-state index < -0.39 is 15.9 Å². The number of halogens is 1. The molecular formula is C17H19BrN2O6S. The minimum Gasteiger partial charge on any atom is -0.497 e. The van der Waals surface area contributed by atoms with Crippen LogP contribution in [0, 0.1) is 0 Å². The number of nitrogens with one attached hydrogen (secondary N) is 2. The Hall–Kier alpha value is -2.46. The zero-order valence-electron chi connectivity index (χ0n) is 15.1. The van der Waals surface area contributed by atoms with Crippen LogP contribution in [0.15, 0.2) is 39.7 Å². The Bertz CT molecular complexity index is 962. The zero-order chi connectivity index (χ0) is 20.2. The molecule has 2 rings (SSSR count). The fourth-order valence-electron chi connectivity index (χ4n) is 2.30. The molecule has 8 nitrogen and oxygen atoms in total. The number of carbonyl (C=O) groups excluding carboxylic acids is 1. The minimum absolute atomic E-state index is 0.0705. The van der Waals surface area contributed by atoms with Gasteiger partial charge in [0.25, 0.3) is 15.9 Å². The first-order valence-electron chi connectivity index (χ1n) is 7.61. The van der Waals surface area contributed by atoms with Crippen LogP contribution < -0.4 is 24.2 Å². The Morgan fingerprint density at radius 1 is 1.00 bits per heavy atom. The van der Waals surface area contributed by atoms with E-state index in [-0.39, 0.29) is 26.4 Å². The Balaban J connectivity index is 2.53. The largest absolute Gasteiger partial charge is 0.497 e. The summed E-state index contributed by atoms with van der Waals surface area (Å²) in [6.45, 7) is 0. The molecule has 0 fully saturated rings. The standard InChI is InChI=1S/C17H19BrN2O6S/c1-19-17(21)11-7-10(24-2)5-6-13(11)20-27(22,23)16-9-15(26-4)14(25-3)8-12(16)18/h5-9,20H,1-4H3,(H,19,21). The van der Waals surface area contributed by atoms with E-state index in [1.54, 1.807) is 6.07 Å². The highest BCUT2D eigenvalue weighted by Gasteiger charge is 2.23. The third-order valence-electron chi connectivity index (χ3n) is 3.67. The maximum Gasteiger partial charge on any atom is 0.263 e. The number of methoxy groups -OCH3 is 3. The van der Waals surface area contributed by atoms with E-state index in [9.17, 15) is 13.2 Å². The molecule has 0 bridgehead atoms. The highest BCUT2D eigenvalue weighted by atomic mass is 79.9. The van der Waals surface area contributed by atoms with E-state index in [2.05, 4.69) is 26.0 Å². The van der Waals surface area contributed by atoms with Gasteiger partial charge in [-0.2, -0.15) is 0 Å². The summed E-state index contributed by atoms with van der Waals surface area (Å²) in [6.07, 6.45) is 0. The molecule has 0 saturated heterocycles. The molecule has 27 heavy (non-hydrogen) atoms. The second-order valence-corrected chi connectivity index (χ2v) is 7.74. The van der Waals surface area contributed by atoms with Crippen LogP contribution in [0.25, 0.3) is 0 Å². The molecule has 0 aliphatic rings. The van der Waals surface area contributed by atoms with Crippen molar-refractivity contribution < 1.29 is 27.4 Å². The molecule has 0 unspecified atom stereocenters. The summed E-state index contributed by atoms with van der Waals surface area (Å²) >= 11 is 3.23. The number of hydrogen-bond acceptors (Lipinski definition) is 6. The lowest BCUT2D eigenvalue weighted by Crippen LogP contribution is -2.22. The topological polar surface area (TPSA) is 103 Å². The summed E-state index contributed by atoms with van der Waals surface area (Å²) in [4.78, 5) is 12.1. The van der Waals surface area contributed by atoms with Gasteiger partial charge in [-0.3, -0.25) is 9.52 Å². The monoisotopic (exact) mass is 458 g/mol. The van der Waals surface area contributed by atoms with Crippen molar-refractivity contribution in [1.29, 1.82) is 0 Å². The van der Waals surface area contributed by atoms with E-state index in [0.717, 1.165) is 0 Å². The second-order valence-electron chi connectivity index (χ2n) is 5.23. The van der Waals surface area contributed by atoms with Gasteiger partial charge in [-0.25, -0.2) is 8.42 Å². The van der Waals surface area contributed by atoms with Crippen molar-refractivity contribution in [3.8, 4) is 17.2 Å². The van der Waals surface area contributed by atoms with Crippen LogP contribution in [0.3, 0.4) is 0 Å². The van der Waals surface area contributed by atoms with Crippen molar-refractivity contribution in [3.63, 3.8) is 0 Å². The lowest BCUT2D eigenvalue weighted by molar-refractivity contribution is 0.0963. The van der Waals surface area contributed by atoms with Crippen LogP contribution in [-0.4, -0.2) is 42.7 Å². The number of benzene rings is 2. The first kappa shape index (κ1) is 20.8. The zero-order valence-corrected chi connectivity index (χ0v) is 17.5. The van der Waals surface area contributed by atoms with Gasteiger partial charge in [0.15, 0.2) is 11.5 Å². The molecular weight excluding hydrogens is 440 g/mol. The molecule has 0 saturated carbocycles. The van der Waals surface area contributed by atoms with Crippen LogP contribution in [0.4, 0.5) is 5.69 Å². The van der Waals surface area contributed by atoms with E-state index in [0.29, 0.717) is 11.5 Å². The first-order valence-corrected chi connectivity index (χ1v) is 9.89. The van der Waals surface area contributed by atoms with Gasteiger partial charge in [0.2, 0.25) is 0 Å². The lowest BCUT2D eigenvalue weighted by Gasteiger charge is -2.15. The molecule has 2 N–H and O–H groups in total. The van der Waals surface area contributed by atoms with Crippen LogP contribution in [0.5, 0.6) is 17.2 Å². The summed E-state index contributed by atoms with van der Waals surface area (Å²) in [7, 11) is 1.72. The van der Waals surface area contributed by atoms with E-state index >= 15 is 0 Å². The highest BCUT2D eigenvalue weighted by Crippen LogP contribution is 2.36. The molecule has 1 amide bonds. The molecule has 146 valence electrons. The summed E-state index contributed by atoms with van der Waals surface area (Å²) < 4.78 is 43.9. The number of anilines is 1. The smallest absolute Gasteiger partial charge is 0.263 e. The lowest BCUT2D eigenvalue weighted by atomic mass is 10.1. The number of ether oxygens (including phenoxy) is 3. The van der Waals surface area contributed by atoms with Crippen molar-refractivity contribution >= 4 is 37.5 Å². The van der Waals surface area contributed by atoms with Gasteiger partial charge in [-0.05, 0) is 40.2 Å². The maximum atomic E-state index is 12.9. The van der Waals surface area contributed by atoms with Crippen molar-refractivity contribution in [2.24, 2.45) is 0 Å². The second kappa shape index (κ2) is 8.49. The predicted octanol–water partition coefficient (Wildman–Crippen LogP) is 2.64. The van der Waals surface area contributed by atoms with E-state index in [1.807, 2.05) is 0 Å². The Morgan fingerprint density at radius 3 is 2.19 bits per heavy atom. The van der Waals surface area contributed by atoms with Crippen molar-refractivity contribution in [2.75, 3.05) is 33.1 Å². The average molecular weight is 459 g/mol. The molecule has 0 aliphatic heterocycles. The molecule has 0 aliphatic carbocycles. The average Bonchev–Trinajstić information content (AvgIpc) is 2.66. The van der Waals surface area contributed by atoms with Gasteiger partial charge in [0, 0.05) is 17.6 Å². The van der Waals surface area contributed by atoms with Gasteiger partial charge in [0.1, 0.15) is 10.6 Å². The van der Waals surface area contributed by atoms with Gasteiger partial charge in [0.05, 0.1) is 32.6 Å². The van der Waals surface area contributed by atoms with Crippen LogP contribution in [-0.2, 0) is 10.0 Å². The van der Waals surface area contributed by atoms with E-state index in [4.69, 9.17) is 14.2 Å². The Morgan fingerprint density at radius 2 is 1.63 bits per heavy atom. The maximum absolute atomic E-state index is 12.9. The predicted molar refractivity (Wildman–Crippen MR) is 104 cm³/mol. The van der Waals surface area contributed by atoms with Crippen molar-refractivity contribution in [3.05, 3.63) is 40.4 Å². The number of rotatable bonds is 7. The number of carbonyl (C=O) groups is 1. The number of amides is 1. The van der Waals surface area contributed by atoms with Crippen molar-refractivity contribution in [1.82, 2.24) is 5.32 Å². The molecule has 0 heterocycles. The normalized spacial score (nSPS) is 10.9. The fraction of sp³-hybridized carbons (Fsp3) is 0.235. The Kier molecular flexibility index (Phi) is 6.55. The SMILES string of the molecule is CNC(=O)c1cc(OC)ccc1NS(=O)(=O)c1cc(OC)c(OC)cc1Br. The van der Waals surface area contributed by atoms with Gasteiger partial charge in [-0.15, -0.1) is 0 Å². The fourth-order valence-corrected chi connectivity index (χ4v) is 4.42. The van der Waals surface area contributed by atoms with Crippen LogP contribution >= 0.6 is 15.9 Å². The molecule has 0 radical (unpaired) electrons. The number of sulfonamides is 1. The van der Waals surface area contributed by atoms with Gasteiger partial charge < -0.3 is 19.5 Å². The van der Waals surface area contributed by atoms with Crippen molar-refractivity contribution in [2.45, 2.75) is 4.90 Å². The van der Waals surface area contributed by atoms with Gasteiger partial charge >= 0.3 is 0 Å². The first-order chi connectivity index (χ1) is 12.8. The molecule has 0 spiro atoms. The summed E-state index contributed by atoms with van der Waals surface area (Å²) in [5, 5.41) is 2.47.